The minimum Gasteiger partial charge on any atom is -0.743 e. The zero-order valence-electron chi connectivity index (χ0n) is 21.0. The molecule has 15 heteroatoms. The van der Waals surface area contributed by atoms with Crippen molar-refractivity contribution in [3.05, 3.63) is 36.4 Å². The molecule has 1 aliphatic heterocycles. The van der Waals surface area contributed by atoms with Crippen molar-refractivity contribution in [2.24, 2.45) is 0 Å². The monoisotopic (exact) mass is 614 g/mol. The van der Waals surface area contributed by atoms with E-state index < -0.39 is 33.4 Å². The van der Waals surface area contributed by atoms with Crippen LogP contribution in [0.1, 0.15) is 46.5 Å². The second-order valence-corrected chi connectivity index (χ2v) is 13.2. The molecule has 4 nitrogen and oxygen atoms in total. The maximum absolute atomic E-state index is 12.2. The minimum absolute atomic E-state index is 0.374. The van der Waals surface area contributed by atoms with Crippen LogP contribution in [-0.2, 0) is 21.0 Å². The second kappa shape index (κ2) is 11.9. The summed E-state index contributed by atoms with van der Waals surface area (Å²) in [5, 5.41) is -2.80. The average Bonchev–Trinajstić information content (AvgIpc) is 3.15. The highest BCUT2D eigenvalue weighted by Gasteiger charge is 2.83. The van der Waals surface area contributed by atoms with E-state index in [4.69, 9.17) is 4.74 Å². The van der Waals surface area contributed by atoms with Crippen molar-refractivity contribution in [3.8, 4) is 5.75 Å². The Morgan fingerprint density at radius 2 is 1.38 bits per heavy atom. The van der Waals surface area contributed by atoms with Crippen LogP contribution in [0.4, 0.5) is 39.5 Å². The van der Waals surface area contributed by atoms with Gasteiger partial charge in [-0.3, -0.25) is 0 Å². The number of hydrogen-bond donors (Lipinski definition) is 0. The van der Waals surface area contributed by atoms with Gasteiger partial charge in [0.2, 0.25) is 0 Å². The molecule has 1 heterocycles. The molecule has 39 heavy (non-hydrogen) atoms. The molecule has 3 rings (SSSR count). The van der Waals surface area contributed by atoms with E-state index in [1.54, 1.807) is 4.90 Å². The van der Waals surface area contributed by atoms with Crippen molar-refractivity contribution in [3.63, 3.8) is 0 Å². The quantitative estimate of drug-likeness (QED) is 0.134. The van der Waals surface area contributed by atoms with Crippen LogP contribution in [0.2, 0.25) is 0 Å². The molecule has 0 saturated carbocycles. The third-order valence-electron chi connectivity index (χ3n) is 6.13. The molecular formula is C24H27F9O4S2. The third-order valence-corrected chi connectivity index (χ3v) is 10.1. The first-order chi connectivity index (χ1) is 17.7. The number of fused-ring (bicyclic) bond motifs is 1. The number of unbranched alkanes of at least 4 members (excludes halogenated alkanes) is 1. The van der Waals surface area contributed by atoms with Gasteiger partial charge in [-0.1, -0.05) is 31.5 Å². The van der Waals surface area contributed by atoms with Crippen LogP contribution in [0.5, 0.6) is 5.75 Å². The van der Waals surface area contributed by atoms with E-state index in [2.05, 4.69) is 57.2 Å². The predicted molar refractivity (Wildman–Crippen MR) is 129 cm³/mol. The van der Waals surface area contributed by atoms with Gasteiger partial charge in [0.05, 0.1) is 6.61 Å². The van der Waals surface area contributed by atoms with Crippen LogP contribution in [0, 0.1) is 0 Å². The highest BCUT2D eigenvalue weighted by Crippen LogP contribution is 2.54. The van der Waals surface area contributed by atoms with Crippen molar-refractivity contribution < 1.29 is 57.2 Å². The number of hydrogen-bond acceptors (Lipinski definition) is 4. The Kier molecular flexibility index (Phi) is 10.2. The number of ether oxygens (including phenoxy) is 1. The van der Waals surface area contributed by atoms with Crippen LogP contribution in [0.15, 0.2) is 41.3 Å². The molecule has 0 radical (unpaired) electrons. The normalized spacial score (nSPS) is 21.0. The average molecular weight is 615 g/mol. The van der Waals surface area contributed by atoms with Crippen molar-refractivity contribution in [2.75, 3.05) is 6.61 Å². The van der Waals surface area contributed by atoms with Crippen molar-refractivity contribution >= 4 is 31.8 Å². The minimum atomic E-state index is -7.43. The van der Waals surface area contributed by atoms with E-state index in [0.717, 1.165) is 29.3 Å². The van der Waals surface area contributed by atoms with Crippen molar-refractivity contribution in [2.45, 2.75) is 85.1 Å². The smallest absolute Gasteiger partial charge is 0.460 e. The topological polar surface area (TPSA) is 66.4 Å². The Hall–Kier alpha value is -1.87. The zero-order chi connectivity index (χ0) is 30.0. The highest BCUT2D eigenvalue weighted by molar-refractivity contribution is 7.98. The molecule has 2 aromatic carbocycles. The second-order valence-electron chi connectivity index (χ2n) is 9.00. The van der Waals surface area contributed by atoms with Gasteiger partial charge in [-0.25, -0.2) is 8.42 Å². The molecule has 0 bridgehead atoms. The first-order valence-corrected chi connectivity index (χ1v) is 14.5. The highest BCUT2D eigenvalue weighted by atomic mass is 32.2. The Bertz CT molecular complexity index is 1220. The molecule has 0 spiro atoms. The van der Waals surface area contributed by atoms with Gasteiger partial charge in [0, 0.05) is 21.7 Å². The molecule has 1 aliphatic rings. The Balaban J connectivity index is 0.000000285. The molecule has 1 fully saturated rings. The summed E-state index contributed by atoms with van der Waals surface area (Å²) in [4.78, 5) is 1.55. The lowest BCUT2D eigenvalue weighted by molar-refractivity contribution is -0.382. The van der Waals surface area contributed by atoms with Gasteiger partial charge in [0.15, 0.2) is 15.0 Å². The number of rotatable bonds is 8. The molecule has 1 saturated heterocycles. The van der Waals surface area contributed by atoms with E-state index in [0.29, 0.717) is 10.9 Å². The lowest BCUT2D eigenvalue weighted by atomic mass is 10.1. The van der Waals surface area contributed by atoms with Crippen LogP contribution in [-0.4, -0.2) is 53.4 Å². The van der Waals surface area contributed by atoms with Gasteiger partial charge in [-0.05, 0) is 51.3 Å². The number of benzene rings is 2. The zero-order valence-corrected chi connectivity index (χ0v) is 22.6. The van der Waals surface area contributed by atoms with Gasteiger partial charge in [-0.2, -0.15) is 39.5 Å². The molecule has 222 valence electrons. The van der Waals surface area contributed by atoms with E-state index in [1.807, 2.05) is 0 Å². The van der Waals surface area contributed by atoms with E-state index in [1.165, 1.54) is 30.0 Å². The summed E-state index contributed by atoms with van der Waals surface area (Å²) in [6, 6.07) is 13.3. The maximum Gasteiger partial charge on any atom is 0.460 e. The fourth-order valence-corrected chi connectivity index (χ4v) is 7.51. The SMILES string of the molecule is CCCCOc1ccc([S+]2C(C)CCC2C)c2ccccc12.O=S(=O)([O-])C(F)(F)C(F)(F)C(F)(F)C(F)(F)F. The van der Waals surface area contributed by atoms with Crippen LogP contribution < -0.4 is 4.74 Å². The van der Waals surface area contributed by atoms with Gasteiger partial charge >= 0.3 is 23.3 Å². The lowest BCUT2D eigenvalue weighted by Crippen LogP contribution is -2.63. The first-order valence-electron chi connectivity index (χ1n) is 11.7. The van der Waals surface area contributed by atoms with Crippen molar-refractivity contribution in [1.29, 1.82) is 0 Å². The fourth-order valence-electron chi connectivity index (χ4n) is 3.97. The summed E-state index contributed by atoms with van der Waals surface area (Å²) in [5.74, 6) is -13.8. The Labute approximate surface area is 223 Å². The van der Waals surface area contributed by atoms with E-state index in [9.17, 15) is 52.5 Å². The summed E-state index contributed by atoms with van der Waals surface area (Å²) in [5.41, 5.74) is 0. The maximum atomic E-state index is 12.2. The van der Waals surface area contributed by atoms with E-state index in [-0.39, 0.29) is 0 Å². The van der Waals surface area contributed by atoms with Crippen LogP contribution in [0.25, 0.3) is 10.8 Å². The van der Waals surface area contributed by atoms with Crippen LogP contribution >= 0.6 is 0 Å². The molecule has 2 unspecified atom stereocenters. The van der Waals surface area contributed by atoms with Gasteiger partial charge in [0.1, 0.15) is 16.2 Å². The summed E-state index contributed by atoms with van der Waals surface area (Å²) in [6.07, 6.45) is -2.13. The molecular weight excluding hydrogens is 587 g/mol. The molecule has 0 amide bonds. The molecule has 2 aromatic rings. The predicted octanol–water partition coefficient (Wildman–Crippen LogP) is 7.52. The standard InChI is InChI=1S/C20H27OS.C4HF9O3S/c1-4-5-14-21-19-12-13-20(18-9-7-6-8-17(18)19)22-15(2)10-11-16(22)3;5-1(6,3(9,10)11)2(7,8)4(12,13)17(14,15)16/h6-9,12-13,15-16H,4-5,10-11,14H2,1-3H3;(H,14,15,16)/q+1;/p-1. The summed E-state index contributed by atoms with van der Waals surface area (Å²) < 4.78 is 141. The number of alkyl halides is 9. The number of halogens is 9. The summed E-state index contributed by atoms with van der Waals surface area (Å²) in [6.45, 7) is 7.87. The van der Waals surface area contributed by atoms with Gasteiger partial charge in [0.25, 0.3) is 0 Å². The van der Waals surface area contributed by atoms with Crippen molar-refractivity contribution in [1.82, 2.24) is 0 Å². The summed E-state index contributed by atoms with van der Waals surface area (Å²) in [7, 11) is -7.04. The fraction of sp³-hybridized carbons (Fsp3) is 0.583. The van der Waals surface area contributed by atoms with E-state index >= 15 is 0 Å². The molecule has 0 N–H and O–H groups in total. The third kappa shape index (κ3) is 6.55. The molecule has 0 aromatic heterocycles. The first kappa shape index (κ1) is 33.3. The Morgan fingerprint density at radius 1 is 0.872 bits per heavy atom. The lowest BCUT2D eigenvalue weighted by Gasteiger charge is -2.34. The van der Waals surface area contributed by atoms with Crippen LogP contribution in [0.3, 0.4) is 0 Å². The Morgan fingerprint density at radius 3 is 1.85 bits per heavy atom. The molecule has 2 atom stereocenters. The molecule has 0 aliphatic carbocycles. The van der Waals surface area contributed by atoms with Gasteiger partial charge < -0.3 is 9.29 Å². The summed E-state index contributed by atoms with van der Waals surface area (Å²) >= 11 is 0. The largest absolute Gasteiger partial charge is 0.743 e. The van der Waals surface area contributed by atoms with Gasteiger partial charge in [-0.15, -0.1) is 0 Å².